The van der Waals surface area contributed by atoms with Gasteiger partial charge in [-0.1, -0.05) is 25.5 Å². The molecule has 24 heavy (non-hydrogen) atoms. The zero-order valence-electron chi connectivity index (χ0n) is 13.5. The molecule has 0 saturated heterocycles. The van der Waals surface area contributed by atoms with Crippen LogP contribution in [0.5, 0.6) is 0 Å². The largest absolute Gasteiger partial charge is 0.463 e. The molecule has 0 bridgehead atoms. The third-order valence-electron chi connectivity index (χ3n) is 3.56. The van der Waals surface area contributed by atoms with Gasteiger partial charge in [-0.2, -0.15) is 0 Å². The van der Waals surface area contributed by atoms with Gasteiger partial charge >= 0.3 is 12.0 Å². The Hall–Kier alpha value is -2.90. The summed E-state index contributed by atoms with van der Waals surface area (Å²) in [4.78, 5) is 34.8. The lowest BCUT2D eigenvalue weighted by Gasteiger charge is -2.29. The number of benzene rings is 1. The van der Waals surface area contributed by atoms with Gasteiger partial charge in [0, 0.05) is 17.8 Å². The molecule has 1 aliphatic rings. The van der Waals surface area contributed by atoms with E-state index in [1.165, 1.54) is 18.2 Å². The first kappa shape index (κ1) is 17.5. The van der Waals surface area contributed by atoms with Crippen molar-refractivity contribution in [1.29, 1.82) is 0 Å². The molecule has 2 rings (SSSR count). The van der Waals surface area contributed by atoms with Crippen molar-refractivity contribution in [2.45, 2.75) is 32.7 Å². The highest BCUT2D eigenvalue weighted by Crippen LogP contribution is 2.31. The fraction of sp³-hybridized carbons (Fsp3) is 0.375. The maximum Gasteiger partial charge on any atom is 0.338 e. The average Bonchev–Trinajstić information content (AvgIpc) is 2.55. The van der Waals surface area contributed by atoms with Crippen LogP contribution < -0.4 is 10.6 Å². The minimum atomic E-state index is -0.792. The van der Waals surface area contributed by atoms with Crippen molar-refractivity contribution in [3.8, 4) is 0 Å². The van der Waals surface area contributed by atoms with Crippen molar-refractivity contribution in [3.05, 3.63) is 51.2 Å². The van der Waals surface area contributed by atoms with Crippen LogP contribution in [-0.4, -0.2) is 23.5 Å². The molecule has 8 heteroatoms. The first-order chi connectivity index (χ1) is 11.5. The van der Waals surface area contributed by atoms with Crippen molar-refractivity contribution in [2.24, 2.45) is 0 Å². The second-order valence-electron chi connectivity index (χ2n) is 5.25. The van der Waals surface area contributed by atoms with E-state index in [1.54, 1.807) is 13.0 Å². The van der Waals surface area contributed by atoms with Crippen molar-refractivity contribution < 1.29 is 19.2 Å². The number of ether oxygens (including phenoxy) is 1. The molecule has 0 radical (unpaired) electrons. The predicted molar refractivity (Wildman–Crippen MR) is 86.1 cm³/mol. The molecule has 1 aromatic carbocycles. The molecule has 1 heterocycles. The van der Waals surface area contributed by atoms with E-state index in [0.29, 0.717) is 17.7 Å². The van der Waals surface area contributed by atoms with Crippen LogP contribution >= 0.6 is 0 Å². The van der Waals surface area contributed by atoms with Gasteiger partial charge in [0.15, 0.2) is 0 Å². The zero-order valence-corrected chi connectivity index (χ0v) is 13.5. The number of amides is 2. The summed E-state index contributed by atoms with van der Waals surface area (Å²) < 4.78 is 5.10. The topological polar surface area (TPSA) is 111 Å². The summed E-state index contributed by atoms with van der Waals surface area (Å²) in [5.41, 5.74) is 1.10. The van der Waals surface area contributed by atoms with Crippen molar-refractivity contribution in [2.75, 3.05) is 6.61 Å². The molecule has 0 fully saturated rings. The first-order valence-corrected chi connectivity index (χ1v) is 7.69. The molecule has 1 aliphatic heterocycles. The number of carbonyl (C=O) groups is 2. The number of nitrogens with one attached hydrogen (secondary N) is 2. The predicted octanol–water partition coefficient (Wildman–Crippen LogP) is 2.57. The Morgan fingerprint density at radius 2 is 2.12 bits per heavy atom. The number of rotatable bonds is 6. The molecule has 1 atom stereocenters. The van der Waals surface area contributed by atoms with Crippen molar-refractivity contribution in [1.82, 2.24) is 10.6 Å². The van der Waals surface area contributed by atoms with Crippen LogP contribution in [0.25, 0.3) is 0 Å². The normalized spacial score (nSPS) is 17.1. The van der Waals surface area contributed by atoms with E-state index in [1.807, 2.05) is 6.92 Å². The summed E-state index contributed by atoms with van der Waals surface area (Å²) in [5, 5.41) is 16.3. The lowest BCUT2D eigenvalue weighted by Crippen LogP contribution is -2.46. The van der Waals surface area contributed by atoms with Gasteiger partial charge in [-0.25, -0.2) is 9.59 Å². The molecule has 0 spiro atoms. The van der Waals surface area contributed by atoms with Crippen molar-refractivity contribution >= 4 is 17.7 Å². The molecule has 0 saturated carbocycles. The smallest absolute Gasteiger partial charge is 0.338 e. The maximum atomic E-state index is 12.4. The number of nitrogens with zero attached hydrogens (tertiary/aromatic N) is 1. The zero-order chi connectivity index (χ0) is 17.7. The van der Waals surface area contributed by atoms with Crippen LogP contribution in [0.3, 0.4) is 0 Å². The fourth-order valence-electron chi connectivity index (χ4n) is 2.58. The summed E-state index contributed by atoms with van der Waals surface area (Å²) in [6.07, 6.45) is 1.22. The summed E-state index contributed by atoms with van der Waals surface area (Å²) in [5.74, 6) is -0.551. The number of hydrogen-bond donors (Lipinski definition) is 2. The van der Waals surface area contributed by atoms with E-state index in [0.717, 1.165) is 6.42 Å². The summed E-state index contributed by atoms with van der Waals surface area (Å²) >= 11 is 0. The van der Waals surface area contributed by atoms with Crippen LogP contribution in [0.1, 0.15) is 38.3 Å². The van der Waals surface area contributed by atoms with E-state index >= 15 is 0 Å². The highest BCUT2D eigenvalue weighted by atomic mass is 16.6. The van der Waals surface area contributed by atoms with E-state index in [2.05, 4.69) is 10.6 Å². The Balaban J connectivity index is 2.53. The SMILES string of the molecule is CCCC1=C(C(=O)OCC)[C@H](c2cccc([N+](=O)[O-])c2)NC(=O)N1. The Bertz CT molecular complexity index is 699. The standard InChI is InChI=1S/C16H19N3O5/c1-3-6-12-13(15(20)24-4-2)14(18-16(21)17-12)10-7-5-8-11(9-10)19(22)23/h5,7-9,14H,3-4,6H2,1-2H3,(H2,17,18,21)/t14-/m0/s1. The van der Waals surface area contributed by atoms with Gasteiger partial charge in [-0.3, -0.25) is 10.1 Å². The second-order valence-corrected chi connectivity index (χ2v) is 5.25. The van der Waals surface area contributed by atoms with Gasteiger partial charge in [0.25, 0.3) is 5.69 Å². The number of nitro benzene ring substituents is 1. The number of non-ortho nitro benzene ring substituents is 1. The third-order valence-corrected chi connectivity index (χ3v) is 3.56. The summed E-state index contributed by atoms with van der Waals surface area (Å²) in [6, 6.07) is 4.60. The Morgan fingerprint density at radius 3 is 2.75 bits per heavy atom. The number of allylic oxidation sites excluding steroid dienone is 1. The minimum absolute atomic E-state index is 0.111. The molecular formula is C16H19N3O5. The van der Waals surface area contributed by atoms with Gasteiger partial charge in [0.1, 0.15) is 0 Å². The molecule has 0 aliphatic carbocycles. The summed E-state index contributed by atoms with van der Waals surface area (Å²) in [6.45, 7) is 3.80. The molecule has 1 aromatic rings. The maximum absolute atomic E-state index is 12.4. The molecule has 2 amide bonds. The van der Waals surface area contributed by atoms with E-state index in [9.17, 15) is 19.7 Å². The lowest BCUT2D eigenvalue weighted by atomic mass is 9.93. The number of nitro groups is 1. The summed E-state index contributed by atoms with van der Waals surface area (Å²) in [7, 11) is 0. The Kier molecular flexibility index (Phi) is 5.51. The molecular weight excluding hydrogens is 314 g/mol. The highest BCUT2D eigenvalue weighted by Gasteiger charge is 2.33. The number of urea groups is 1. The van der Waals surface area contributed by atoms with Crippen LogP contribution in [0.4, 0.5) is 10.5 Å². The second kappa shape index (κ2) is 7.58. The highest BCUT2D eigenvalue weighted by molar-refractivity contribution is 5.95. The van der Waals surface area contributed by atoms with Gasteiger partial charge in [0.2, 0.25) is 0 Å². The van der Waals surface area contributed by atoms with Crippen LogP contribution in [0.2, 0.25) is 0 Å². The molecule has 2 N–H and O–H groups in total. The number of carbonyl (C=O) groups excluding carboxylic acids is 2. The molecule has 128 valence electrons. The van der Waals surface area contributed by atoms with Crippen molar-refractivity contribution in [3.63, 3.8) is 0 Å². The molecule has 0 unspecified atom stereocenters. The average molecular weight is 333 g/mol. The number of esters is 1. The van der Waals surface area contributed by atoms with Crippen LogP contribution in [-0.2, 0) is 9.53 Å². The number of hydrogen-bond acceptors (Lipinski definition) is 5. The monoisotopic (exact) mass is 333 g/mol. The molecule has 0 aromatic heterocycles. The van der Waals surface area contributed by atoms with Gasteiger partial charge in [0.05, 0.1) is 23.1 Å². The fourth-order valence-corrected chi connectivity index (χ4v) is 2.58. The Labute approximate surface area is 139 Å². The van der Waals surface area contributed by atoms with Gasteiger partial charge < -0.3 is 15.4 Å². The quantitative estimate of drug-likeness (QED) is 0.472. The van der Waals surface area contributed by atoms with Crippen LogP contribution in [0, 0.1) is 10.1 Å². The molecule has 8 nitrogen and oxygen atoms in total. The first-order valence-electron chi connectivity index (χ1n) is 7.69. The Morgan fingerprint density at radius 1 is 1.38 bits per heavy atom. The van der Waals surface area contributed by atoms with E-state index in [-0.39, 0.29) is 17.9 Å². The minimum Gasteiger partial charge on any atom is -0.463 e. The van der Waals surface area contributed by atoms with Gasteiger partial charge in [-0.05, 0) is 18.9 Å². The van der Waals surface area contributed by atoms with Gasteiger partial charge in [-0.15, -0.1) is 0 Å². The lowest BCUT2D eigenvalue weighted by molar-refractivity contribution is -0.384. The van der Waals surface area contributed by atoms with Crippen LogP contribution in [0.15, 0.2) is 35.5 Å². The van der Waals surface area contributed by atoms with E-state index in [4.69, 9.17) is 4.74 Å². The third kappa shape index (κ3) is 3.70. The van der Waals surface area contributed by atoms with E-state index < -0.39 is 23.0 Å².